The van der Waals surface area contributed by atoms with Crippen molar-refractivity contribution in [1.82, 2.24) is 4.90 Å². The van der Waals surface area contributed by atoms with E-state index in [1.165, 1.54) is 6.07 Å². The Morgan fingerprint density at radius 3 is 2.58 bits per heavy atom. The van der Waals surface area contributed by atoms with Gasteiger partial charge in [-0.15, -0.1) is 12.6 Å². The van der Waals surface area contributed by atoms with Crippen LogP contribution in [-0.4, -0.2) is 30.1 Å². The third-order valence-electron chi connectivity index (χ3n) is 2.33. The normalized spacial score (nSPS) is 11.5. The molecule has 0 aliphatic carbocycles. The van der Waals surface area contributed by atoms with Crippen molar-refractivity contribution in [3.63, 3.8) is 0 Å². The van der Waals surface area contributed by atoms with Gasteiger partial charge in [0.05, 0.1) is 5.56 Å². The van der Waals surface area contributed by atoms with Crippen LogP contribution in [0.3, 0.4) is 0 Å². The van der Waals surface area contributed by atoms with Gasteiger partial charge in [0.15, 0.2) is 0 Å². The maximum atomic E-state index is 12.5. The summed E-state index contributed by atoms with van der Waals surface area (Å²) in [6.07, 6.45) is -3.95. The molecule has 0 saturated heterocycles. The van der Waals surface area contributed by atoms with Gasteiger partial charge in [-0.1, -0.05) is 6.92 Å². The van der Waals surface area contributed by atoms with Crippen molar-refractivity contribution in [3.05, 3.63) is 28.2 Å². The van der Waals surface area contributed by atoms with E-state index < -0.39 is 18.6 Å². The van der Waals surface area contributed by atoms with Crippen molar-refractivity contribution >= 4 is 34.5 Å². The molecule has 1 aromatic rings. The first-order valence-electron chi connectivity index (χ1n) is 5.59. The summed E-state index contributed by atoms with van der Waals surface area (Å²) in [6.45, 7) is 0.533. The highest BCUT2D eigenvalue weighted by Crippen LogP contribution is 2.24. The van der Waals surface area contributed by atoms with Gasteiger partial charge in [0.2, 0.25) is 0 Å². The van der Waals surface area contributed by atoms with Gasteiger partial charge >= 0.3 is 6.18 Å². The number of alkyl halides is 3. The molecule has 19 heavy (non-hydrogen) atoms. The summed E-state index contributed by atoms with van der Waals surface area (Å²) in [4.78, 5) is 13.5. The molecule has 0 saturated carbocycles. The second-order valence-electron chi connectivity index (χ2n) is 4.01. The molecule has 0 bridgehead atoms. The molecule has 1 amide bonds. The van der Waals surface area contributed by atoms with Crippen molar-refractivity contribution < 1.29 is 18.0 Å². The number of thiol groups is 1. The number of halogens is 4. The SMILES string of the molecule is CCCN(CC(F)(F)F)C(=O)c1cc(S)ccc1Br. The maximum Gasteiger partial charge on any atom is 0.406 e. The Labute approximate surface area is 123 Å². The first-order chi connectivity index (χ1) is 8.74. The molecule has 7 heteroatoms. The number of carbonyl (C=O) groups excluding carboxylic acids is 1. The van der Waals surface area contributed by atoms with E-state index in [2.05, 4.69) is 28.6 Å². The molecular weight excluding hydrogens is 343 g/mol. The molecule has 0 unspecified atom stereocenters. The predicted molar refractivity (Wildman–Crippen MR) is 73.6 cm³/mol. The maximum absolute atomic E-state index is 12.5. The highest BCUT2D eigenvalue weighted by molar-refractivity contribution is 9.10. The molecule has 0 heterocycles. The number of hydrogen-bond acceptors (Lipinski definition) is 2. The van der Waals surface area contributed by atoms with Crippen molar-refractivity contribution in [2.75, 3.05) is 13.1 Å². The second kappa shape index (κ2) is 6.65. The van der Waals surface area contributed by atoms with Gasteiger partial charge in [-0.05, 0) is 40.5 Å². The quantitative estimate of drug-likeness (QED) is 0.804. The van der Waals surface area contributed by atoms with Crippen molar-refractivity contribution in [1.29, 1.82) is 0 Å². The Morgan fingerprint density at radius 2 is 2.05 bits per heavy atom. The van der Waals surface area contributed by atoms with E-state index in [1.54, 1.807) is 19.1 Å². The molecular formula is C12H13BrF3NOS. The highest BCUT2D eigenvalue weighted by atomic mass is 79.9. The van der Waals surface area contributed by atoms with Crippen LogP contribution in [0.15, 0.2) is 27.6 Å². The van der Waals surface area contributed by atoms with Gasteiger partial charge < -0.3 is 4.90 Å². The first kappa shape index (κ1) is 16.4. The number of carbonyl (C=O) groups is 1. The van der Waals surface area contributed by atoms with Gasteiger partial charge in [-0.25, -0.2) is 0 Å². The topological polar surface area (TPSA) is 20.3 Å². The molecule has 0 N–H and O–H groups in total. The summed E-state index contributed by atoms with van der Waals surface area (Å²) >= 11 is 7.26. The fourth-order valence-electron chi connectivity index (χ4n) is 1.59. The lowest BCUT2D eigenvalue weighted by atomic mass is 10.2. The summed E-state index contributed by atoms with van der Waals surface area (Å²) < 4.78 is 37.8. The fourth-order valence-corrected chi connectivity index (χ4v) is 2.21. The number of hydrogen-bond donors (Lipinski definition) is 1. The van der Waals surface area contributed by atoms with Crippen molar-refractivity contribution in [2.45, 2.75) is 24.4 Å². The van der Waals surface area contributed by atoms with Crippen LogP contribution in [0.1, 0.15) is 23.7 Å². The van der Waals surface area contributed by atoms with Crippen LogP contribution in [-0.2, 0) is 0 Å². The zero-order valence-electron chi connectivity index (χ0n) is 10.2. The van der Waals surface area contributed by atoms with Gasteiger partial charge in [-0.2, -0.15) is 13.2 Å². The summed E-state index contributed by atoms with van der Waals surface area (Å²) in [5.41, 5.74) is 0.185. The van der Waals surface area contributed by atoms with Crippen LogP contribution in [0.2, 0.25) is 0 Å². The van der Waals surface area contributed by atoms with Crippen LogP contribution < -0.4 is 0 Å². The third-order valence-corrected chi connectivity index (χ3v) is 3.30. The van der Waals surface area contributed by atoms with E-state index in [-0.39, 0.29) is 12.1 Å². The standard InChI is InChI=1S/C12H13BrF3NOS/c1-2-5-17(7-12(14,15)16)11(18)9-6-8(19)3-4-10(9)13/h3-4,6,19H,2,5,7H2,1H3. The fraction of sp³-hybridized carbons (Fsp3) is 0.417. The van der Waals surface area contributed by atoms with Crippen molar-refractivity contribution in [3.8, 4) is 0 Å². The molecule has 106 valence electrons. The predicted octanol–water partition coefficient (Wildman–Crippen LogP) is 4.15. The van der Waals surface area contributed by atoms with E-state index in [0.717, 1.165) is 4.90 Å². The smallest absolute Gasteiger partial charge is 0.330 e. The van der Waals surface area contributed by atoms with E-state index in [4.69, 9.17) is 0 Å². The molecule has 0 fully saturated rings. The Hall–Kier alpha value is -0.690. The minimum Gasteiger partial charge on any atom is -0.330 e. The average molecular weight is 356 g/mol. The number of rotatable bonds is 4. The molecule has 1 aromatic carbocycles. The van der Waals surface area contributed by atoms with Crippen LogP contribution >= 0.6 is 28.6 Å². The molecule has 0 aromatic heterocycles. The monoisotopic (exact) mass is 355 g/mol. The first-order valence-corrected chi connectivity index (χ1v) is 6.83. The Balaban J connectivity index is 3.02. The molecule has 0 aliphatic rings. The third kappa shape index (κ3) is 5.06. The summed E-state index contributed by atoms with van der Waals surface area (Å²) in [6, 6.07) is 4.69. The summed E-state index contributed by atoms with van der Waals surface area (Å²) in [7, 11) is 0. The van der Waals surface area contributed by atoms with Gasteiger partial charge in [0.25, 0.3) is 5.91 Å². The number of nitrogens with zero attached hydrogens (tertiary/aromatic N) is 1. The minimum absolute atomic E-state index is 0.0571. The lowest BCUT2D eigenvalue weighted by molar-refractivity contribution is -0.140. The van der Waals surface area contributed by atoms with Crippen LogP contribution in [0.5, 0.6) is 0 Å². The lowest BCUT2D eigenvalue weighted by Crippen LogP contribution is -2.39. The zero-order chi connectivity index (χ0) is 14.6. The molecule has 0 atom stereocenters. The largest absolute Gasteiger partial charge is 0.406 e. The molecule has 1 rings (SSSR count). The summed E-state index contributed by atoms with van der Waals surface area (Å²) in [5, 5.41) is 0. The van der Waals surface area contributed by atoms with E-state index in [9.17, 15) is 18.0 Å². The van der Waals surface area contributed by atoms with Crippen LogP contribution in [0.4, 0.5) is 13.2 Å². The molecule has 0 radical (unpaired) electrons. The van der Waals surface area contributed by atoms with Gasteiger partial charge in [-0.3, -0.25) is 4.79 Å². The minimum atomic E-state index is -4.41. The van der Waals surface area contributed by atoms with Crippen molar-refractivity contribution in [2.24, 2.45) is 0 Å². The van der Waals surface area contributed by atoms with E-state index in [1.807, 2.05) is 0 Å². The molecule has 0 spiro atoms. The Kier molecular flexibility index (Phi) is 5.73. The number of benzene rings is 1. The van der Waals surface area contributed by atoms with Crippen LogP contribution in [0, 0.1) is 0 Å². The van der Waals surface area contributed by atoms with E-state index >= 15 is 0 Å². The zero-order valence-corrected chi connectivity index (χ0v) is 12.6. The Bertz CT molecular complexity index is 465. The molecule has 2 nitrogen and oxygen atoms in total. The van der Waals surface area contributed by atoms with E-state index in [0.29, 0.717) is 15.8 Å². The van der Waals surface area contributed by atoms with Crippen LogP contribution in [0.25, 0.3) is 0 Å². The Morgan fingerprint density at radius 1 is 1.42 bits per heavy atom. The van der Waals surface area contributed by atoms with Gasteiger partial charge in [0.1, 0.15) is 6.54 Å². The number of amides is 1. The lowest BCUT2D eigenvalue weighted by Gasteiger charge is -2.24. The summed E-state index contributed by atoms with van der Waals surface area (Å²) in [5.74, 6) is -0.651. The average Bonchev–Trinajstić information content (AvgIpc) is 2.29. The second-order valence-corrected chi connectivity index (χ2v) is 5.38. The highest BCUT2D eigenvalue weighted by Gasteiger charge is 2.33. The molecule has 0 aliphatic heterocycles. The van der Waals surface area contributed by atoms with Gasteiger partial charge in [0, 0.05) is 15.9 Å².